The van der Waals surface area contributed by atoms with Gasteiger partial charge in [-0.15, -0.1) is 0 Å². The van der Waals surface area contributed by atoms with Crippen LogP contribution in [-0.2, 0) is 14.4 Å². The lowest BCUT2D eigenvalue weighted by atomic mass is 10.1. The molecular formula is C15H30N2O3. The first-order valence-electron chi connectivity index (χ1n) is 7.91. The summed E-state index contributed by atoms with van der Waals surface area (Å²) < 4.78 is 5.31. The van der Waals surface area contributed by atoms with Crippen molar-refractivity contribution in [2.75, 3.05) is 19.8 Å². The molecule has 20 heavy (non-hydrogen) atoms. The van der Waals surface area contributed by atoms with Crippen LogP contribution in [0.1, 0.15) is 58.8 Å². The number of hydroxylamine groups is 2. The van der Waals surface area contributed by atoms with Crippen LogP contribution in [0.5, 0.6) is 0 Å². The Morgan fingerprint density at radius 2 is 1.90 bits per heavy atom. The summed E-state index contributed by atoms with van der Waals surface area (Å²) in [4.78, 5) is 18.1. The fourth-order valence-electron chi connectivity index (χ4n) is 2.29. The fourth-order valence-corrected chi connectivity index (χ4v) is 2.29. The van der Waals surface area contributed by atoms with Gasteiger partial charge in [0.25, 0.3) is 0 Å². The number of ether oxygens (including phenoxy) is 1. The molecule has 1 saturated heterocycles. The van der Waals surface area contributed by atoms with E-state index < -0.39 is 0 Å². The van der Waals surface area contributed by atoms with Crippen LogP contribution in [0.3, 0.4) is 0 Å². The average Bonchev–Trinajstić information content (AvgIpc) is 2.45. The molecule has 5 heteroatoms. The van der Waals surface area contributed by atoms with Gasteiger partial charge in [-0.1, -0.05) is 12.8 Å². The van der Waals surface area contributed by atoms with Crippen LogP contribution in [0.15, 0.2) is 0 Å². The Bertz CT molecular complexity index is 266. The van der Waals surface area contributed by atoms with Crippen molar-refractivity contribution in [3.05, 3.63) is 0 Å². The van der Waals surface area contributed by atoms with E-state index in [2.05, 4.69) is 0 Å². The maximum absolute atomic E-state index is 12.2. The molecule has 1 aliphatic rings. The van der Waals surface area contributed by atoms with Crippen LogP contribution in [0, 0.1) is 0 Å². The Balaban J connectivity index is 2.30. The third-order valence-corrected chi connectivity index (χ3v) is 3.49. The molecule has 0 aromatic heterocycles. The normalized spacial score (nSPS) is 16.6. The Labute approximate surface area is 122 Å². The first kappa shape index (κ1) is 17.4. The lowest BCUT2D eigenvalue weighted by molar-refractivity contribution is -0.228. The molecule has 0 atom stereocenters. The second-order valence-corrected chi connectivity index (χ2v) is 5.68. The van der Waals surface area contributed by atoms with Gasteiger partial charge in [-0.2, -0.15) is 0 Å². The minimum Gasteiger partial charge on any atom is -0.381 e. The zero-order valence-corrected chi connectivity index (χ0v) is 13.0. The quantitative estimate of drug-likeness (QED) is 0.521. The van der Waals surface area contributed by atoms with Crippen molar-refractivity contribution in [1.82, 2.24) is 5.06 Å². The number of amides is 1. The van der Waals surface area contributed by atoms with Crippen molar-refractivity contribution in [2.24, 2.45) is 5.73 Å². The van der Waals surface area contributed by atoms with Crippen LogP contribution in [0.25, 0.3) is 0 Å². The van der Waals surface area contributed by atoms with Crippen LogP contribution in [0.4, 0.5) is 0 Å². The molecule has 1 amide bonds. The van der Waals surface area contributed by atoms with E-state index in [0.717, 1.165) is 58.3 Å². The number of hydrogen-bond donors (Lipinski definition) is 1. The minimum atomic E-state index is 0.0781. The van der Waals surface area contributed by atoms with Crippen LogP contribution in [-0.4, -0.2) is 42.9 Å². The Morgan fingerprint density at radius 3 is 2.50 bits per heavy atom. The summed E-state index contributed by atoms with van der Waals surface area (Å²) in [7, 11) is 0. The first-order valence-corrected chi connectivity index (χ1v) is 7.91. The molecule has 5 nitrogen and oxygen atoms in total. The highest BCUT2D eigenvalue weighted by molar-refractivity contribution is 5.75. The van der Waals surface area contributed by atoms with E-state index in [-0.39, 0.29) is 18.1 Å². The monoisotopic (exact) mass is 286 g/mol. The van der Waals surface area contributed by atoms with Crippen molar-refractivity contribution < 1.29 is 14.4 Å². The molecule has 0 bridgehead atoms. The SMILES string of the molecule is CC(C)N(OC1CCOCC1)C(=O)CCCCCCN. The van der Waals surface area contributed by atoms with Gasteiger partial charge >= 0.3 is 0 Å². The van der Waals surface area contributed by atoms with Crippen molar-refractivity contribution >= 4 is 5.91 Å². The summed E-state index contributed by atoms with van der Waals surface area (Å²) in [6, 6.07) is 0.0781. The standard InChI is InChI=1S/C15H30N2O3/c1-13(2)17(20-14-8-11-19-12-9-14)15(18)7-5-3-4-6-10-16/h13-14H,3-12,16H2,1-2H3. The number of unbranched alkanes of at least 4 members (excludes halogenated alkanes) is 3. The lowest BCUT2D eigenvalue weighted by Gasteiger charge is -2.32. The maximum Gasteiger partial charge on any atom is 0.246 e. The number of rotatable bonds is 9. The highest BCUT2D eigenvalue weighted by Gasteiger charge is 2.23. The average molecular weight is 286 g/mol. The zero-order chi connectivity index (χ0) is 14.8. The van der Waals surface area contributed by atoms with Crippen molar-refractivity contribution in [3.63, 3.8) is 0 Å². The Morgan fingerprint density at radius 1 is 1.25 bits per heavy atom. The number of nitrogens with two attached hydrogens (primary N) is 1. The van der Waals surface area contributed by atoms with Gasteiger partial charge in [-0.25, -0.2) is 5.06 Å². The molecule has 1 fully saturated rings. The molecule has 2 N–H and O–H groups in total. The Kier molecular flexibility index (Phi) is 8.82. The number of carbonyl (C=O) groups excluding carboxylic acids is 1. The van der Waals surface area contributed by atoms with Gasteiger partial charge in [-0.3, -0.25) is 9.63 Å². The molecule has 0 aromatic rings. The predicted octanol–water partition coefficient (Wildman–Crippen LogP) is 2.24. The van der Waals surface area contributed by atoms with Crippen LogP contribution in [0.2, 0.25) is 0 Å². The van der Waals surface area contributed by atoms with Gasteiger partial charge in [0.05, 0.1) is 12.1 Å². The molecule has 118 valence electrons. The molecule has 0 aliphatic carbocycles. The molecule has 1 heterocycles. The third kappa shape index (κ3) is 6.68. The van der Waals surface area contributed by atoms with Gasteiger partial charge in [0.2, 0.25) is 5.91 Å². The van der Waals surface area contributed by atoms with E-state index in [4.69, 9.17) is 15.3 Å². The highest BCUT2D eigenvalue weighted by atomic mass is 16.7. The second-order valence-electron chi connectivity index (χ2n) is 5.68. The maximum atomic E-state index is 12.2. The van der Waals surface area contributed by atoms with Crippen LogP contribution < -0.4 is 5.73 Å². The predicted molar refractivity (Wildman–Crippen MR) is 79.0 cm³/mol. The smallest absolute Gasteiger partial charge is 0.246 e. The van der Waals surface area contributed by atoms with Crippen molar-refractivity contribution in [3.8, 4) is 0 Å². The van der Waals surface area contributed by atoms with E-state index in [1.807, 2.05) is 13.8 Å². The topological polar surface area (TPSA) is 64.8 Å². The summed E-state index contributed by atoms with van der Waals surface area (Å²) >= 11 is 0. The summed E-state index contributed by atoms with van der Waals surface area (Å²) in [6.07, 6.45) is 6.54. The first-order chi connectivity index (χ1) is 9.65. The fraction of sp³-hybridized carbons (Fsp3) is 0.933. The van der Waals surface area contributed by atoms with E-state index >= 15 is 0 Å². The molecule has 0 spiro atoms. The molecular weight excluding hydrogens is 256 g/mol. The number of carbonyl (C=O) groups is 1. The van der Waals surface area contributed by atoms with Crippen molar-refractivity contribution in [1.29, 1.82) is 0 Å². The van der Waals surface area contributed by atoms with Crippen molar-refractivity contribution in [2.45, 2.75) is 70.9 Å². The third-order valence-electron chi connectivity index (χ3n) is 3.49. The van der Waals surface area contributed by atoms with E-state index in [1.165, 1.54) is 0 Å². The summed E-state index contributed by atoms with van der Waals surface area (Å²) in [5.41, 5.74) is 5.46. The van der Waals surface area contributed by atoms with Gasteiger partial charge in [0, 0.05) is 19.6 Å². The molecule has 0 unspecified atom stereocenters. The van der Waals surface area contributed by atoms with Crippen LogP contribution >= 0.6 is 0 Å². The van der Waals surface area contributed by atoms with E-state index in [0.29, 0.717) is 6.42 Å². The minimum absolute atomic E-state index is 0.0781. The molecule has 0 radical (unpaired) electrons. The Hall–Kier alpha value is -0.650. The van der Waals surface area contributed by atoms with Gasteiger partial charge in [0.1, 0.15) is 0 Å². The molecule has 0 aromatic carbocycles. The zero-order valence-electron chi connectivity index (χ0n) is 13.0. The second kappa shape index (κ2) is 10.1. The van der Waals surface area contributed by atoms with Gasteiger partial charge in [-0.05, 0) is 46.1 Å². The molecule has 0 saturated carbocycles. The van der Waals surface area contributed by atoms with Gasteiger partial charge in [0.15, 0.2) is 0 Å². The summed E-state index contributed by atoms with van der Waals surface area (Å²) in [5.74, 6) is 0.0965. The van der Waals surface area contributed by atoms with Gasteiger partial charge < -0.3 is 10.5 Å². The summed E-state index contributed by atoms with van der Waals surface area (Å²) in [5, 5.41) is 1.57. The summed E-state index contributed by atoms with van der Waals surface area (Å²) in [6.45, 7) is 6.17. The number of nitrogens with zero attached hydrogens (tertiary/aromatic N) is 1. The lowest BCUT2D eigenvalue weighted by Crippen LogP contribution is -2.41. The van der Waals surface area contributed by atoms with E-state index in [1.54, 1.807) is 5.06 Å². The highest BCUT2D eigenvalue weighted by Crippen LogP contribution is 2.16. The molecule has 1 aliphatic heterocycles. The largest absolute Gasteiger partial charge is 0.381 e. The number of hydrogen-bond acceptors (Lipinski definition) is 4. The van der Waals surface area contributed by atoms with E-state index in [9.17, 15) is 4.79 Å². The molecule has 1 rings (SSSR count).